The minimum absolute atomic E-state index is 0.278. The summed E-state index contributed by atoms with van der Waals surface area (Å²) >= 11 is 1.98. The fourth-order valence-corrected chi connectivity index (χ4v) is 3.08. The van der Waals surface area contributed by atoms with Crippen LogP contribution in [-0.2, 0) is 6.54 Å². The molecular formula is C13H15FN2S. The van der Waals surface area contributed by atoms with Crippen molar-refractivity contribution in [2.24, 2.45) is 0 Å². The minimum atomic E-state index is -0.278. The van der Waals surface area contributed by atoms with Crippen molar-refractivity contribution in [2.75, 3.05) is 11.5 Å². The SMILES string of the molecule is N#Cc1ccc(F)cc1CNC1CCSCC1. The van der Waals surface area contributed by atoms with E-state index in [-0.39, 0.29) is 5.82 Å². The Morgan fingerprint density at radius 3 is 2.88 bits per heavy atom. The molecule has 0 unspecified atom stereocenters. The second-order valence-electron chi connectivity index (χ2n) is 4.18. The Labute approximate surface area is 105 Å². The molecule has 1 aliphatic rings. The summed E-state index contributed by atoms with van der Waals surface area (Å²) in [5, 5.41) is 12.4. The maximum atomic E-state index is 13.1. The van der Waals surface area contributed by atoms with Gasteiger partial charge in [0, 0.05) is 12.6 Å². The highest BCUT2D eigenvalue weighted by Crippen LogP contribution is 2.18. The fourth-order valence-electron chi connectivity index (χ4n) is 1.97. The van der Waals surface area contributed by atoms with E-state index in [1.54, 1.807) is 6.07 Å². The zero-order chi connectivity index (χ0) is 12.1. The second kappa shape index (κ2) is 6.04. The van der Waals surface area contributed by atoms with Gasteiger partial charge in [0.15, 0.2) is 0 Å². The molecule has 0 amide bonds. The van der Waals surface area contributed by atoms with E-state index in [1.165, 1.54) is 23.6 Å². The van der Waals surface area contributed by atoms with Crippen molar-refractivity contribution in [3.05, 3.63) is 35.1 Å². The highest BCUT2D eigenvalue weighted by molar-refractivity contribution is 7.99. The molecule has 1 fully saturated rings. The Hall–Kier alpha value is -1.05. The van der Waals surface area contributed by atoms with E-state index in [9.17, 15) is 4.39 Å². The first-order valence-electron chi connectivity index (χ1n) is 5.79. The summed E-state index contributed by atoms with van der Waals surface area (Å²) in [7, 11) is 0. The number of rotatable bonds is 3. The van der Waals surface area contributed by atoms with Crippen molar-refractivity contribution in [1.29, 1.82) is 5.26 Å². The summed E-state index contributed by atoms with van der Waals surface area (Å²) in [6, 6.07) is 6.93. The van der Waals surface area contributed by atoms with Crippen LogP contribution >= 0.6 is 11.8 Å². The lowest BCUT2D eigenvalue weighted by atomic mass is 10.1. The van der Waals surface area contributed by atoms with Crippen LogP contribution in [0.1, 0.15) is 24.0 Å². The van der Waals surface area contributed by atoms with Gasteiger partial charge in [-0.2, -0.15) is 17.0 Å². The first-order chi connectivity index (χ1) is 8.29. The summed E-state index contributed by atoms with van der Waals surface area (Å²) in [5.74, 6) is 2.10. The van der Waals surface area contributed by atoms with Crippen LogP contribution in [-0.4, -0.2) is 17.5 Å². The second-order valence-corrected chi connectivity index (χ2v) is 5.41. The first-order valence-corrected chi connectivity index (χ1v) is 6.94. The molecule has 0 spiro atoms. The van der Waals surface area contributed by atoms with Gasteiger partial charge >= 0.3 is 0 Å². The molecule has 2 nitrogen and oxygen atoms in total. The molecule has 1 heterocycles. The number of benzene rings is 1. The molecule has 1 saturated heterocycles. The molecule has 0 saturated carbocycles. The summed E-state index contributed by atoms with van der Waals surface area (Å²) < 4.78 is 13.1. The van der Waals surface area contributed by atoms with Crippen LogP contribution in [0.25, 0.3) is 0 Å². The van der Waals surface area contributed by atoms with E-state index in [0.29, 0.717) is 18.2 Å². The highest BCUT2D eigenvalue weighted by Gasteiger charge is 2.13. The van der Waals surface area contributed by atoms with E-state index >= 15 is 0 Å². The van der Waals surface area contributed by atoms with E-state index in [0.717, 1.165) is 18.4 Å². The largest absolute Gasteiger partial charge is 0.310 e. The molecule has 17 heavy (non-hydrogen) atoms. The van der Waals surface area contributed by atoms with Gasteiger partial charge in [0.25, 0.3) is 0 Å². The maximum Gasteiger partial charge on any atom is 0.123 e. The average Bonchev–Trinajstić information content (AvgIpc) is 2.38. The molecule has 2 rings (SSSR count). The first kappa shape index (κ1) is 12.4. The van der Waals surface area contributed by atoms with Gasteiger partial charge in [0.2, 0.25) is 0 Å². The smallest absolute Gasteiger partial charge is 0.123 e. The van der Waals surface area contributed by atoms with Crippen LogP contribution in [0, 0.1) is 17.1 Å². The van der Waals surface area contributed by atoms with Gasteiger partial charge in [-0.05, 0) is 48.1 Å². The third kappa shape index (κ3) is 3.45. The molecule has 0 bridgehead atoms. The van der Waals surface area contributed by atoms with Crippen molar-refractivity contribution in [3.8, 4) is 6.07 Å². The van der Waals surface area contributed by atoms with Crippen LogP contribution in [0.3, 0.4) is 0 Å². The third-order valence-corrected chi connectivity index (χ3v) is 4.04. The fraction of sp³-hybridized carbons (Fsp3) is 0.462. The molecule has 90 valence electrons. The van der Waals surface area contributed by atoms with Gasteiger partial charge in [0.1, 0.15) is 5.82 Å². The van der Waals surface area contributed by atoms with Crippen LogP contribution in [0.4, 0.5) is 4.39 Å². The highest BCUT2D eigenvalue weighted by atomic mass is 32.2. The van der Waals surface area contributed by atoms with Gasteiger partial charge in [-0.3, -0.25) is 0 Å². The molecule has 1 aromatic rings. The molecule has 0 radical (unpaired) electrons. The Morgan fingerprint density at radius 1 is 1.41 bits per heavy atom. The maximum absolute atomic E-state index is 13.1. The van der Waals surface area contributed by atoms with Crippen molar-refractivity contribution >= 4 is 11.8 Å². The lowest BCUT2D eigenvalue weighted by Gasteiger charge is -2.22. The van der Waals surface area contributed by atoms with Gasteiger partial charge < -0.3 is 5.32 Å². The predicted octanol–water partition coefficient (Wildman–Crippen LogP) is 2.68. The molecule has 0 atom stereocenters. The number of hydrogen-bond acceptors (Lipinski definition) is 3. The van der Waals surface area contributed by atoms with Gasteiger partial charge in [0.05, 0.1) is 11.6 Å². The van der Waals surface area contributed by atoms with Gasteiger partial charge in [-0.15, -0.1) is 0 Å². The average molecular weight is 250 g/mol. The third-order valence-electron chi connectivity index (χ3n) is 2.99. The van der Waals surface area contributed by atoms with E-state index < -0.39 is 0 Å². The summed E-state index contributed by atoms with van der Waals surface area (Å²) in [6.07, 6.45) is 2.31. The Kier molecular flexibility index (Phi) is 4.41. The normalized spacial score (nSPS) is 16.7. The molecular weight excluding hydrogens is 235 g/mol. The molecule has 1 aliphatic heterocycles. The minimum Gasteiger partial charge on any atom is -0.310 e. The van der Waals surface area contributed by atoms with Gasteiger partial charge in [-0.1, -0.05) is 0 Å². The number of nitrogens with zero attached hydrogens (tertiary/aromatic N) is 1. The van der Waals surface area contributed by atoms with Crippen LogP contribution < -0.4 is 5.32 Å². The molecule has 1 aromatic carbocycles. The molecule has 0 aromatic heterocycles. The number of nitriles is 1. The predicted molar refractivity (Wildman–Crippen MR) is 68.3 cm³/mol. The lowest BCUT2D eigenvalue weighted by Crippen LogP contribution is -2.32. The number of halogens is 1. The van der Waals surface area contributed by atoms with Crippen LogP contribution in [0.5, 0.6) is 0 Å². The summed E-state index contributed by atoms with van der Waals surface area (Å²) in [4.78, 5) is 0. The molecule has 0 aliphatic carbocycles. The Morgan fingerprint density at radius 2 is 2.18 bits per heavy atom. The monoisotopic (exact) mass is 250 g/mol. The van der Waals surface area contributed by atoms with Crippen molar-refractivity contribution in [1.82, 2.24) is 5.32 Å². The van der Waals surface area contributed by atoms with Crippen molar-refractivity contribution in [2.45, 2.75) is 25.4 Å². The van der Waals surface area contributed by atoms with Gasteiger partial charge in [-0.25, -0.2) is 4.39 Å². The number of nitrogens with one attached hydrogen (secondary N) is 1. The summed E-state index contributed by atoms with van der Waals surface area (Å²) in [6.45, 7) is 0.579. The lowest BCUT2D eigenvalue weighted by molar-refractivity contribution is 0.481. The van der Waals surface area contributed by atoms with Crippen molar-refractivity contribution < 1.29 is 4.39 Å². The Balaban J connectivity index is 1.98. The molecule has 1 N–H and O–H groups in total. The number of hydrogen-bond donors (Lipinski definition) is 1. The summed E-state index contributed by atoms with van der Waals surface area (Å²) in [5.41, 5.74) is 1.31. The quantitative estimate of drug-likeness (QED) is 0.896. The zero-order valence-electron chi connectivity index (χ0n) is 9.58. The molecule has 4 heteroatoms. The van der Waals surface area contributed by atoms with Crippen molar-refractivity contribution in [3.63, 3.8) is 0 Å². The zero-order valence-corrected chi connectivity index (χ0v) is 10.4. The van der Waals surface area contributed by atoms with Crippen LogP contribution in [0.2, 0.25) is 0 Å². The van der Waals surface area contributed by atoms with E-state index in [1.807, 2.05) is 11.8 Å². The van der Waals surface area contributed by atoms with Crippen LogP contribution in [0.15, 0.2) is 18.2 Å². The topological polar surface area (TPSA) is 35.8 Å². The number of thioether (sulfide) groups is 1. The van der Waals surface area contributed by atoms with E-state index in [4.69, 9.17) is 5.26 Å². The standard InChI is InChI=1S/C13H15FN2S/c14-12-2-1-10(8-15)11(7-12)9-16-13-3-5-17-6-4-13/h1-2,7,13,16H,3-6,9H2. The van der Waals surface area contributed by atoms with E-state index in [2.05, 4.69) is 11.4 Å². The Bertz CT molecular complexity index is 422.